The smallest absolute Gasteiger partial charge is 0.123 e. The number of hydrogen-bond acceptors (Lipinski definition) is 2. The summed E-state index contributed by atoms with van der Waals surface area (Å²) < 4.78 is 13.3. The minimum atomic E-state index is -0.295. The predicted molar refractivity (Wildman–Crippen MR) is 77.8 cm³/mol. The fraction of sp³-hybridized carbons (Fsp3) is 0.625. The van der Waals surface area contributed by atoms with E-state index in [-0.39, 0.29) is 17.6 Å². The zero-order chi connectivity index (χ0) is 14.4. The highest BCUT2D eigenvalue weighted by Gasteiger charge is 2.21. The molecule has 0 spiro atoms. The Morgan fingerprint density at radius 1 is 1.21 bits per heavy atom. The van der Waals surface area contributed by atoms with Gasteiger partial charge in [0.1, 0.15) is 11.6 Å². The van der Waals surface area contributed by atoms with E-state index in [1.807, 2.05) is 6.92 Å². The molecule has 3 heteroatoms. The van der Waals surface area contributed by atoms with Gasteiger partial charge in [0.05, 0.1) is 0 Å². The van der Waals surface area contributed by atoms with Gasteiger partial charge in [0, 0.05) is 17.6 Å². The van der Waals surface area contributed by atoms with E-state index in [4.69, 9.17) is 0 Å². The molecule has 0 aliphatic carbocycles. The molecule has 0 fully saturated rings. The van der Waals surface area contributed by atoms with E-state index in [2.05, 4.69) is 25.7 Å². The van der Waals surface area contributed by atoms with Crippen LogP contribution < -0.4 is 0 Å². The Labute approximate surface area is 116 Å². The summed E-state index contributed by atoms with van der Waals surface area (Å²) in [6.45, 7) is 9.46. The Kier molecular flexibility index (Phi) is 6.29. The van der Waals surface area contributed by atoms with Crippen molar-refractivity contribution in [2.45, 2.75) is 59.0 Å². The second-order valence-corrected chi connectivity index (χ2v) is 5.42. The Morgan fingerprint density at radius 3 is 2.47 bits per heavy atom. The topological polar surface area (TPSA) is 23.5 Å². The number of benzene rings is 1. The molecular formula is C16H26FNO. The van der Waals surface area contributed by atoms with Crippen molar-refractivity contribution in [1.29, 1.82) is 0 Å². The minimum absolute atomic E-state index is 0.0209. The Hall–Kier alpha value is -1.09. The maximum atomic E-state index is 13.3. The van der Waals surface area contributed by atoms with Crippen LogP contribution in [0.2, 0.25) is 0 Å². The van der Waals surface area contributed by atoms with Crippen molar-refractivity contribution < 1.29 is 9.50 Å². The van der Waals surface area contributed by atoms with E-state index < -0.39 is 0 Å². The van der Waals surface area contributed by atoms with Crippen LogP contribution in [0.1, 0.15) is 58.6 Å². The summed E-state index contributed by atoms with van der Waals surface area (Å²) in [4.78, 5) is 2.31. The van der Waals surface area contributed by atoms with Crippen molar-refractivity contribution in [2.75, 3.05) is 6.54 Å². The molecule has 0 aliphatic heterocycles. The van der Waals surface area contributed by atoms with Gasteiger partial charge in [-0.1, -0.05) is 19.8 Å². The third kappa shape index (κ3) is 4.50. The molecule has 0 amide bonds. The summed E-state index contributed by atoms with van der Waals surface area (Å²) >= 11 is 0. The number of phenolic OH excluding ortho intramolecular Hbond substituents is 1. The van der Waals surface area contributed by atoms with Gasteiger partial charge < -0.3 is 5.11 Å². The van der Waals surface area contributed by atoms with Gasteiger partial charge in [-0.15, -0.1) is 0 Å². The molecule has 0 bridgehead atoms. The van der Waals surface area contributed by atoms with Gasteiger partial charge in [-0.2, -0.15) is 0 Å². The van der Waals surface area contributed by atoms with Crippen LogP contribution in [-0.2, 0) is 0 Å². The molecule has 0 heterocycles. The summed E-state index contributed by atoms with van der Waals surface area (Å²) in [6.07, 6.45) is 3.52. The van der Waals surface area contributed by atoms with Crippen molar-refractivity contribution in [3.8, 4) is 5.75 Å². The summed E-state index contributed by atoms with van der Waals surface area (Å²) in [5.41, 5.74) is 0.671. The van der Waals surface area contributed by atoms with Crippen LogP contribution in [0.3, 0.4) is 0 Å². The molecule has 2 nitrogen and oxygen atoms in total. The highest BCUT2D eigenvalue weighted by atomic mass is 19.1. The van der Waals surface area contributed by atoms with Gasteiger partial charge in [-0.25, -0.2) is 4.39 Å². The second-order valence-electron chi connectivity index (χ2n) is 5.42. The number of aromatic hydroxyl groups is 1. The van der Waals surface area contributed by atoms with Gasteiger partial charge in [0.15, 0.2) is 0 Å². The first-order valence-corrected chi connectivity index (χ1v) is 7.21. The largest absolute Gasteiger partial charge is 0.508 e. The molecule has 108 valence electrons. The highest BCUT2D eigenvalue weighted by Crippen LogP contribution is 2.30. The highest BCUT2D eigenvalue weighted by molar-refractivity contribution is 5.35. The fourth-order valence-corrected chi connectivity index (χ4v) is 2.48. The standard InChI is InChI=1S/C16H26FNO/c1-5-6-7-10-18(12(2)3)13(4)15-11-14(17)8-9-16(15)19/h8-9,11-13,19H,5-7,10H2,1-4H3. The van der Waals surface area contributed by atoms with Gasteiger partial charge in [0.25, 0.3) is 0 Å². The first-order valence-electron chi connectivity index (χ1n) is 7.21. The normalized spacial score (nSPS) is 13.2. The molecule has 0 aliphatic rings. The molecule has 1 unspecified atom stereocenters. The second kappa shape index (κ2) is 7.49. The zero-order valence-electron chi connectivity index (χ0n) is 12.5. The van der Waals surface area contributed by atoms with Gasteiger partial charge in [0.2, 0.25) is 0 Å². The SMILES string of the molecule is CCCCCN(C(C)C)C(C)c1cc(F)ccc1O. The van der Waals surface area contributed by atoms with Crippen molar-refractivity contribution in [3.63, 3.8) is 0 Å². The van der Waals surface area contributed by atoms with Crippen LogP contribution in [0.25, 0.3) is 0 Å². The van der Waals surface area contributed by atoms with Crippen molar-refractivity contribution in [1.82, 2.24) is 4.90 Å². The molecule has 0 saturated heterocycles. The van der Waals surface area contributed by atoms with Crippen LogP contribution in [0.5, 0.6) is 5.75 Å². The predicted octanol–water partition coefficient (Wildman–Crippen LogP) is 4.49. The molecule has 1 rings (SSSR count). The fourth-order valence-electron chi connectivity index (χ4n) is 2.48. The number of rotatable bonds is 7. The van der Waals surface area contributed by atoms with Crippen molar-refractivity contribution in [2.24, 2.45) is 0 Å². The molecule has 0 saturated carbocycles. The van der Waals surface area contributed by atoms with E-state index in [0.29, 0.717) is 11.6 Å². The summed E-state index contributed by atoms with van der Waals surface area (Å²) in [6, 6.07) is 4.56. The molecule has 1 atom stereocenters. The quantitative estimate of drug-likeness (QED) is 0.736. The van der Waals surface area contributed by atoms with Crippen molar-refractivity contribution in [3.05, 3.63) is 29.6 Å². The first kappa shape index (κ1) is 16.0. The lowest BCUT2D eigenvalue weighted by Gasteiger charge is -2.33. The molecule has 1 aromatic rings. The van der Waals surface area contributed by atoms with Gasteiger partial charge in [-0.3, -0.25) is 4.90 Å². The lowest BCUT2D eigenvalue weighted by molar-refractivity contribution is 0.158. The van der Waals surface area contributed by atoms with E-state index in [1.165, 1.54) is 31.0 Å². The average Bonchev–Trinajstić information content (AvgIpc) is 2.36. The molecular weight excluding hydrogens is 241 g/mol. The number of halogens is 1. The zero-order valence-corrected chi connectivity index (χ0v) is 12.5. The van der Waals surface area contributed by atoms with Crippen molar-refractivity contribution >= 4 is 0 Å². The van der Waals surface area contributed by atoms with E-state index in [9.17, 15) is 9.50 Å². The monoisotopic (exact) mass is 267 g/mol. The van der Waals surface area contributed by atoms with Crippen LogP contribution in [0.4, 0.5) is 4.39 Å². The molecule has 19 heavy (non-hydrogen) atoms. The van der Waals surface area contributed by atoms with Crippen LogP contribution in [0.15, 0.2) is 18.2 Å². The third-order valence-electron chi connectivity index (χ3n) is 3.62. The average molecular weight is 267 g/mol. The maximum Gasteiger partial charge on any atom is 0.123 e. The van der Waals surface area contributed by atoms with Gasteiger partial charge >= 0.3 is 0 Å². The number of nitrogens with zero attached hydrogens (tertiary/aromatic N) is 1. The van der Waals surface area contributed by atoms with Crippen LogP contribution >= 0.6 is 0 Å². The summed E-state index contributed by atoms with van der Waals surface area (Å²) in [5, 5.41) is 9.91. The third-order valence-corrected chi connectivity index (χ3v) is 3.62. The Morgan fingerprint density at radius 2 is 1.89 bits per heavy atom. The lowest BCUT2D eigenvalue weighted by Crippen LogP contribution is -2.34. The molecule has 1 aromatic carbocycles. The molecule has 1 N–H and O–H groups in total. The van der Waals surface area contributed by atoms with Crippen LogP contribution in [0, 0.1) is 5.82 Å². The Balaban J connectivity index is 2.86. The van der Waals surface area contributed by atoms with E-state index in [1.54, 1.807) is 0 Å². The van der Waals surface area contributed by atoms with E-state index >= 15 is 0 Å². The Bertz CT molecular complexity index is 392. The first-order chi connectivity index (χ1) is 8.97. The maximum absolute atomic E-state index is 13.3. The summed E-state index contributed by atoms with van der Waals surface area (Å²) in [5.74, 6) is -0.119. The molecule has 0 aromatic heterocycles. The number of unbranched alkanes of at least 4 members (excludes halogenated alkanes) is 2. The summed E-state index contributed by atoms with van der Waals surface area (Å²) in [7, 11) is 0. The lowest BCUT2D eigenvalue weighted by atomic mass is 10.0. The van der Waals surface area contributed by atoms with Crippen LogP contribution in [-0.4, -0.2) is 22.6 Å². The minimum Gasteiger partial charge on any atom is -0.508 e. The van der Waals surface area contributed by atoms with Gasteiger partial charge in [-0.05, 0) is 51.9 Å². The number of hydrogen-bond donors (Lipinski definition) is 1. The number of phenols is 1. The van der Waals surface area contributed by atoms with E-state index in [0.717, 1.165) is 13.0 Å². The molecule has 0 radical (unpaired) electrons.